The van der Waals surface area contributed by atoms with Crippen molar-refractivity contribution in [2.75, 3.05) is 0 Å². The molecule has 2 atom stereocenters. The molecule has 2 aliphatic rings. The predicted molar refractivity (Wildman–Crippen MR) is 101 cm³/mol. The number of carbonyl (C=O) groups is 3. The normalized spacial score (nSPS) is 21.5. The monoisotopic (exact) mass is 422 g/mol. The molecule has 0 bridgehead atoms. The van der Waals surface area contributed by atoms with E-state index in [1.54, 1.807) is 0 Å². The Labute approximate surface area is 170 Å². The Morgan fingerprint density at radius 1 is 0.964 bits per heavy atom. The van der Waals surface area contributed by atoms with Gasteiger partial charge in [0.25, 0.3) is 0 Å². The van der Waals surface area contributed by atoms with Crippen LogP contribution in [0.15, 0.2) is 60.3 Å². The molecule has 0 saturated heterocycles. The van der Waals surface area contributed by atoms with Crippen LogP contribution in [0.3, 0.4) is 0 Å². The van der Waals surface area contributed by atoms with Crippen LogP contribution in [0, 0.1) is 5.92 Å². The molecule has 0 aromatic rings. The van der Waals surface area contributed by atoms with Gasteiger partial charge in [-0.1, -0.05) is 0 Å². The van der Waals surface area contributed by atoms with E-state index in [0.717, 1.165) is 42.2 Å². The molecule has 0 radical (unpaired) electrons. The molecule has 0 spiro atoms. The van der Waals surface area contributed by atoms with Crippen molar-refractivity contribution in [3.05, 3.63) is 60.3 Å². The van der Waals surface area contributed by atoms with Crippen LogP contribution in [0.25, 0.3) is 0 Å². The summed E-state index contributed by atoms with van der Waals surface area (Å²) in [5.74, 6) is -2.15. The van der Waals surface area contributed by atoms with Crippen molar-refractivity contribution < 1.29 is 42.1 Å². The molecule has 0 amide bonds. The predicted octanol–water partition coefficient (Wildman–Crippen LogP) is 4.33. The molecule has 2 rings (SSSR count). The number of rotatable bonds is 7. The number of hydrogen-bond donors (Lipinski definition) is 0. The van der Waals surface area contributed by atoms with Crippen LogP contribution in [0.2, 0.25) is 4.22 Å². The van der Waals surface area contributed by atoms with Gasteiger partial charge in [0.15, 0.2) is 0 Å². The van der Waals surface area contributed by atoms with E-state index in [0.29, 0.717) is 6.42 Å². The summed E-state index contributed by atoms with van der Waals surface area (Å²) < 4.78 is 16.3. The zero-order valence-electron chi connectivity index (χ0n) is 16.6. The van der Waals surface area contributed by atoms with E-state index in [9.17, 15) is 14.4 Å². The van der Waals surface area contributed by atoms with E-state index in [1.165, 1.54) is 11.1 Å². The third-order valence-electron chi connectivity index (χ3n) is 5.46. The van der Waals surface area contributed by atoms with Gasteiger partial charge in [0.2, 0.25) is 0 Å². The molecule has 0 aromatic carbocycles. The fourth-order valence-electron chi connectivity index (χ4n) is 3.92. The van der Waals surface area contributed by atoms with Crippen molar-refractivity contribution in [2.24, 2.45) is 5.92 Å². The average Bonchev–Trinajstić information content (AvgIpc) is 2.91. The number of allylic oxidation sites excluding steroid dienone is 4. The molecule has 0 heterocycles. The van der Waals surface area contributed by atoms with Crippen LogP contribution in [-0.2, 0) is 42.1 Å². The van der Waals surface area contributed by atoms with Crippen molar-refractivity contribution >= 4 is 17.9 Å². The van der Waals surface area contributed by atoms with Gasteiger partial charge >= 0.3 is 170 Å². The number of hydrogen-bond acceptors (Lipinski definition) is 6. The Morgan fingerprint density at radius 3 is 1.86 bits per heavy atom. The molecular weight excluding hydrogens is 396 g/mol. The summed E-state index contributed by atoms with van der Waals surface area (Å²) >= 11 is -4.86. The Hall–Kier alpha value is -2.18. The van der Waals surface area contributed by atoms with Crippen LogP contribution < -0.4 is 0 Å². The second-order valence-corrected chi connectivity index (χ2v) is 10.8. The van der Waals surface area contributed by atoms with Gasteiger partial charge in [-0.15, -0.1) is 0 Å². The Balaban J connectivity index is 2.66. The third kappa shape index (κ3) is 4.13. The second kappa shape index (κ2) is 8.88. The van der Waals surface area contributed by atoms with Crippen molar-refractivity contribution in [3.8, 4) is 0 Å². The molecule has 150 valence electrons. The van der Waals surface area contributed by atoms with Crippen LogP contribution in [0.1, 0.15) is 40.0 Å². The molecular formula is C21H26O6Ti. The van der Waals surface area contributed by atoms with Gasteiger partial charge in [-0.3, -0.25) is 0 Å². The Kier molecular flexibility index (Phi) is 7.02. The van der Waals surface area contributed by atoms with Gasteiger partial charge in [-0.05, 0) is 0 Å². The summed E-state index contributed by atoms with van der Waals surface area (Å²) in [6.45, 7) is 16.4. The summed E-state index contributed by atoms with van der Waals surface area (Å²) in [7, 11) is 0. The molecule has 2 aliphatic carbocycles. The molecule has 28 heavy (non-hydrogen) atoms. The average molecular weight is 422 g/mol. The van der Waals surface area contributed by atoms with Crippen molar-refractivity contribution in [2.45, 2.75) is 44.3 Å². The third-order valence-corrected chi connectivity index (χ3v) is 9.97. The summed E-state index contributed by atoms with van der Waals surface area (Å²) in [5.41, 5.74) is 4.50. The van der Waals surface area contributed by atoms with Gasteiger partial charge in [0.05, 0.1) is 0 Å². The van der Waals surface area contributed by atoms with E-state index in [1.807, 2.05) is 6.92 Å². The first kappa shape index (κ1) is 22.1. The summed E-state index contributed by atoms with van der Waals surface area (Å²) in [6, 6.07) is 0. The van der Waals surface area contributed by atoms with Gasteiger partial charge in [0, 0.05) is 0 Å². The maximum atomic E-state index is 12.2. The van der Waals surface area contributed by atoms with E-state index in [4.69, 9.17) is 9.96 Å². The van der Waals surface area contributed by atoms with Crippen molar-refractivity contribution in [1.29, 1.82) is 0 Å². The Morgan fingerprint density at radius 2 is 1.43 bits per heavy atom. The van der Waals surface area contributed by atoms with Gasteiger partial charge in [0.1, 0.15) is 0 Å². The number of carbonyl (C=O) groups excluding carboxylic acids is 3. The second-order valence-electron chi connectivity index (χ2n) is 6.89. The van der Waals surface area contributed by atoms with Gasteiger partial charge in [-0.2, -0.15) is 0 Å². The van der Waals surface area contributed by atoms with Crippen LogP contribution in [-0.4, -0.2) is 17.9 Å². The molecule has 0 aromatic heterocycles. The molecule has 0 fully saturated rings. The summed E-state index contributed by atoms with van der Waals surface area (Å²) in [4.78, 5) is 36.5. The zero-order valence-corrected chi connectivity index (χ0v) is 18.1. The minimum atomic E-state index is -4.86. The topological polar surface area (TPSA) is 78.9 Å². The zero-order chi connectivity index (χ0) is 21.1. The molecule has 7 heteroatoms. The molecule has 2 unspecified atom stereocenters. The summed E-state index contributed by atoms with van der Waals surface area (Å²) in [5, 5.41) is 0. The molecule has 6 nitrogen and oxygen atoms in total. The fraction of sp³-hybridized carbons (Fsp3) is 0.381. The summed E-state index contributed by atoms with van der Waals surface area (Å²) in [6.07, 6.45) is 5.19. The van der Waals surface area contributed by atoms with Gasteiger partial charge < -0.3 is 0 Å². The SMILES string of the molecule is C=CC(=O)[O][Ti]([O]C(=O)C=C)([O]C(=O)C=C)[CH]1CCCC2=C1C(C)=C(C)C2C. The molecule has 0 N–H and O–H groups in total. The standard InChI is InChI=1S/C12H17.3C3H4O2.Ti/c1-8-9(2)11-6-4-5-7-12(11)10(8)3;3*1-2-3(4)5;/h6,10H,4-5,7H2,1-3H3;3*2H,1H2,(H,4,5);/q;;;;+3/p-3. The Bertz CT molecular complexity index is 749. The molecule has 0 aliphatic heterocycles. The van der Waals surface area contributed by atoms with E-state index >= 15 is 0 Å². The maximum absolute atomic E-state index is 12.2. The first-order valence-corrected chi connectivity index (χ1v) is 12.0. The van der Waals surface area contributed by atoms with Crippen LogP contribution in [0.4, 0.5) is 0 Å². The first-order chi connectivity index (χ1) is 13.2. The fourth-order valence-corrected chi connectivity index (χ4v) is 8.54. The first-order valence-electron chi connectivity index (χ1n) is 9.17. The van der Waals surface area contributed by atoms with Crippen LogP contribution in [0.5, 0.6) is 0 Å². The minimum absolute atomic E-state index is 0.248. The van der Waals surface area contributed by atoms with E-state index < -0.39 is 39.9 Å². The van der Waals surface area contributed by atoms with Crippen LogP contribution >= 0.6 is 0 Å². The van der Waals surface area contributed by atoms with Crippen molar-refractivity contribution in [3.63, 3.8) is 0 Å². The van der Waals surface area contributed by atoms with E-state index in [-0.39, 0.29) is 5.92 Å². The van der Waals surface area contributed by atoms with E-state index in [2.05, 4.69) is 33.6 Å². The quantitative estimate of drug-likeness (QED) is 0.449. The van der Waals surface area contributed by atoms with Gasteiger partial charge in [-0.25, -0.2) is 0 Å². The molecule has 0 saturated carbocycles. The van der Waals surface area contributed by atoms with Crippen molar-refractivity contribution in [1.82, 2.24) is 0 Å².